The molecule has 0 aliphatic carbocycles. The summed E-state index contributed by atoms with van der Waals surface area (Å²) in [6.07, 6.45) is 0.749. The van der Waals surface area contributed by atoms with Gasteiger partial charge in [0.05, 0.1) is 5.56 Å². The van der Waals surface area contributed by atoms with Gasteiger partial charge in [0.15, 0.2) is 0 Å². The van der Waals surface area contributed by atoms with Crippen molar-refractivity contribution < 1.29 is 9.90 Å². The maximum Gasteiger partial charge on any atom is 0.335 e. The minimum absolute atomic E-state index is 0. The van der Waals surface area contributed by atoms with Crippen LogP contribution in [0.3, 0.4) is 0 Å². The van der Waals surface area contributed by atoms with Gasteiger partial charge in [-0.1, -0.05) is 18.2 Å². The van der Waals surface area contributed by atoms with E-state index in [1.807, 2.05) is 19.2 Å². The molecular formula is C10H14ClNO2. The summed E-state index contributed by atoms with van der Waals surface area (Å²) in [7, 11) is 1.85. The van der Waals surface area contributed by atoms with Gasteiger partial charge in [-0.3, -0.25) is 0 Å². The molecular weight excluding hydrogens is 202 g/mol. The molecule has 0 amide bonds. The molecule has 0 radical (unpaired) electrons. The average Bonchev–Trinajstić information content (AvgIpc) is 2.15. The molecule has 0 bridgehead atoms. The highest BCUT2D eigenvalue weighted by molar-refractivity contribution is 5.89. The molecule has 0 atom stereocenters. The zero-order chi connectivity index (χ0) is 9.68. The molecule has 0 unspecified atom stereocenters. The van der Waals surface area contributed by atoms with Crippen molar-refractivity contribution in [3.8, 4) is 0 Å². The van der Waals surface area contributed by atoms with Gasteiger partial charge in [-0.2, -0.15) is 0 Å². The van der Waals surface area contributed by atoms with Gasteiger partial charge in [-0.05, 0) is 31.6 Å². The van der Waals surface area contributed by atoms with E-state index >= 15 is 0 Å². The molecule has 0 heterocycles. The van der Waals surface area contributed by atoms with E-state index in [1.54, 1.807) is 12.1 Å². The third-order valence-electron chi connectivity index (χ3n) is 1.89. The Balaban J connectivity index is 0.00000169. The molecule has 0 aliphatic heterocycles. The number of hydrogen-bond donors (Lipinski definition) is 2. The normalized spacial score (nSPS) is 9.21. The Labute approximate surface area is 89.5 Å². The minimum Gasteiger partial charge on any atom is -0.478 e. The lowest BCUT2D eigenvalue weighted by Crippen LogP contribution is -2.12. The SMILES string of the molecule is CNCCc1ccccc1C(=O)O.Cl. The lowest BCUT2D eigenvalue weighted by atomic mass is 10.1. The Bertz CT molecular complexity index is 302. The number of hydrogen-bond acceptors (Lipinski definition) is 2. The van der Waals surface area contributed by atoms with Crippen LogP contribution in [0.5, 0.6) is 0 Å². The molecule has 4 heteroatoms. The third-order valence-corrected chi connectivity index (χ3v) is 1.89. The van der Waals surface area contributed by atoms with E-state index in [0.717, 1.165) is 18.5 Å². The predicted octanol–water partition coefficient (Wildman–Crippen LogP) is 1.57. The Morgan fingerprint density at radius 2 is 2.07 bits per heavy atom. The van der Waals surface area contributed by atoms with Crippen molar-refractivity contribution >= 4 is 18.4 Å². The van der Waals surface area contributed by atoms with Gasteiger partial charge in [0.2, 0.25) is 0 Å². The quantitative estimate of drug-likeness (QED) is 0.802. The lowest BCUT2D eigenvalue weighted by molar-refractivity contribution is 0.0695. The van der Waals surface area contributed by atoms with Crippen LogP contribution < -0.4 is 5.32 Å². The van der Waals surface area contributed by atoms with Crippen molar-refractivity contribution in [3.63, 3.8) is 0 Å². The van der Waals surface area contributed by atoms with Gasteiger partial charge >= 0.3 is 5.97 Å². The largest absolute Gasteiger partial charge is 0.478 e. The monoisotopic (exact) mass is 215 g/mol. The predicted molar refractivity (Wildman–Crippen MR) is 58.3 cm³/mol. The summed E-state index contributed by atoms with van der Waals surface area (Å²) >= 11 is 0. The molecule has 78 valence electrons. The highest BCUT2D eigenvalue weighted by Crippen LogP contribution is 2.08. The second-order valence-electron chi connectivity index (χ2n) is 2.82. The van der Waals surface area contributed by atoms with Crippen LogP contribution in [-0.4, -0.2) is 24.7 Å². The average molecular weight is 216 g/mol. The topological polar surface area (TPSA) is 49.3 Å². The molecule has 0 saturated carbocycles. The minimum atomic E-state index is -0.855. The highest BCUT2D eigenvalue weighted by atomic mass is 35.5. The smallest absolute Gasteiger partial charge is 0.335 e. The van der Waals surface area contributed by atoms with Gasteiger partial charge in [0, 0.05) is 0 Å². The molecule has 0 aromatic heterocycles. The fourth-order valence-corrected chi connectivity index (χ4v) is 1.21. The molecule has 2 N–H and O–H groups in total. The van der Waals surface area contributed by atoms with Crippen LogP contribution in [-0.2, 0) is 6.42 Å². The maximum atomic E-state index is 10.8. The van der Waals surface area contributed by atoms with Crippen LogP contribution in [0.1, 0.15) is 15.9 Å². The first kappa shape index (κ1) is 12.9. The van der Waals surface area contributed by atoms with Crippen molar-refractivity contribution in [1.29, 1.82) is 0 Å². The highest BCUT2D eigenvalue weighted by Gasteiger charge is 2.07. The van der Waals surface area contributed by atoms with Crippen molar-refractivity contribution in [3.05, 3.63) is 35.4 Å². The van der Waals surface area contributed by atoms with E-state index in [9.17, 15) is 4.79 Å². The van der Waals surface area contributed by atoms with Gasteiger partial charge in [0.25, 0.3) is 0 Å². The molecule has 0 aliphatic rings. The third kappa shape index (κ3) is 3.36. The molecule has 3 nitrogen and oxygen atoms in total. The summed E-state index contributed by atoms with van der Waals surface area (Å²) in [5, 5.41) is 11.8. The summed E-state index contributed by atoms with van der Waals surface area (Å²) in [6, 6.07) is 7.08. The Kier molecular flexibility index (Phi) is 5.92. The zero-order valence-corrected chi connectivity index (χ0v) is 8.80. The first-order valence-electron chi connectivity index (χ1n) is 4.21. The molecule has 0 fully saturated rings. The number of aromatic carboxylic acids is 1. The first-order valence-corrected chi connectivity index (χ1v) is 4.21. The standard InChI is InChI=1S/C10H13NO2.ClH/c1-11-7-6-8-4-2-3-5-9(8)10(12)13;/h2-5,11H,6-7H2,1H3,(H,12,13);1H. The Hall–Kier alpha value is -1.06. The van der Waals surface area contributed by atoms with Gasteiger partial charge < -0.3 is 10.4 Å². The molecule has 1 aromatic carbocycles. The van der Waals surface area contributed by atoms with E-state index in [-0.39, 0.29) is 12.4 Å². The Morgan fingerprint density at radius 1 is 1.43 bits per heavy atom. The Morgan fingerprint density at radius 3 is 2.64 bits per heavy atom. The maximum absolute atomic E-state index is 10.8. The fraction of sp³-hybridized carbons (Fsp3) is 0.300. The number of nitrogens with one attached hydrogen (secondary N) is 1. The number of likely N-dealkylation sites (N-methyl/N-ethyl adjacent to an activating group) is 1. The summed E-state index contributed by atoms with van der Waals surface area (Å²) < 4.78 is 0. The molecule has 0 saturated heterocycles. The van der Waals surface area contributed by atoms with E-state index in [0.29, 0.717) is 5.56 Å². The van der Waals surface area contributed by atoms with Crippen LogP contribution >= 0.6 is 12.4 Å². The molecule has 14 heavy (non-hydrogen) atoms. The summed E-state index contributed by atoms with van der Waals surface area (Å²) in [5.41, 5.74) is 1.28. The van der Waals surface area contributed by atoms with Crippen LogP contribution in [0, 0.1) is 0 Å². The molecule has 0 spiro atoms. The van der Waals surface area contributed by atoms with Crippen molar-refractivity contribution in [1.82, 2.24) is 5.32 Å². The number of benzene rings is 1. The first-order chi connectivity index (χ1) is 6.25. The summed E-state index contributed by atoms with van der Waals surface area (Å²) in [5.74, 6) is -0.855. The summed E-state index contributed by atoms with van der Waals surface area (Å²) in [6.45, 7) is 0.796. The van der Waals surface area contributed by atoms with Crippen LogP contribution in [0.25, 0.3) is 0 Å². The number of carbonyl (C=O) groups is 1. The summed E-state index contributed by atoms with van der Waals surface area (Å²) in [4.78, 5) is 10.8. The zero-order valence-electron chi connectivity index (χ0n) is 7.99. The van der Waals surface area contributed by atoms with Gasteiger partial charge in [0.1, 0.15) is 0 Å². The van der Waals surface area contributed by atoms with Crippen LogP contribution in [0.2, 0.25) is 0 Å². The van der Waals surface area contributed by atoms with Gasteiger partial charge in [-0.15, -0.1) is 12.4 Å². The second kappa shape index (κ2) is 6.40. The lowest BCUT2D eigenvalue weighted by Gasteiger charge is -2.04. The number of halogens is 1. The number of rotatable bonds is 4. The number of carboxylic acid groups (broad SMARTS) is 1. The van der Waals surface area contributed by atoms with E-state index < -0.39 is 5.97 Å². The van der Waals surface area contributed by atoms with Crippen molar-refractivity contribution in [2.45, 2.75) is 6.42 Å². The van der Waals surface area contributed by atoms with Crippen molar-refractivity contribution in [2.75, 3.05) is 13.6 Å². The second-order valence-corrected chi connectivity index (χ2v) is 2.82. The molecule has 1 aromatic rings. The fourth-order valence-electron chi connectivity index (χ4n) is 1.21. The van der Waals surface area contributed by atoms with Crippen LogP contribution in [0.4, 0.5) is 0 Å². The number of carboxylic acids is 1. The molecule has 1 rings (SSSR count). The van der Waals surface area contributed by atoms with Crippen molar-refractivity contribution in [2.24, 2.45) is 0 Å². The van der Waals surface area contributed by atoms with E-state index in [4.69, 9.17) is 5.11 Å². The van der Waals surface area contributed by atoms with E-state index in [1.165, 1.54) is 0 Å². The van der Waals surface area contributed by atoms with Gasteiger partial charge in [-0.25, -0.2) is 4.79 Å². The van der Waals surface area contributed by atoms with Crippen LogP contribution in [0.15, 0.2) is 24.3 Å². The van der Waals surface area contributed by atoms with E-state index in [2.05, 4.69) is 5.32 Å².